The zero-order chi connectivity index (χ0) is 21.1. The van der Waals surface area contributed by atoms with Crippen molar-refractivity contribution in [2.45, 2.75) is 89.7 Å². The zero-order valence-electron chi connectivity index (χ0n) is 20.1. The Morgan fingerprint density at radius 1 is 0.967 bits per heavy atom. The Kier molecular flexibility index (Phi) is 7.82. The van der Waals surface area contributed by atoms with E-state index in [0.29, 0.717) is 11.5 Å². The number of ether oxygens (including phenoxy) is 1. The van der Waals surface area contributed by atoms with Gasteiger partial charge in [0.15, 0.2) is 0 Å². The quantitative estimate of drug-likeness (QED) is 0.548. The van der Waals surface area contributed by atoms with Crippen LogP contribution < -0.4 is 11.1 Å². The summed E-state index contributed by atoms with van der Waals surface area (Å²) < 4.78 is 6.32. The van der Waals surface area contributed by atoms with Crippen molar-refractivity contribution in [3.63, 3.8) is 0 Å². The molecule has 0 bridgehead atoms. The van der Waals surface area contributed by atoms with Gasteiger partial charge in [-0.3, -0.25) is 0 Å². The van der Waals surface area contributed by atoms with Gasteiger partial charge in [0.05, 0.1) is 6.10 Å². The molecular weight excluding hydrogens is 370 g/mol. The van der Waals surface area contributed by atoms with Crippen molar-refractivity contribution in [2.24, 2.45) is 40.7 Å². The van der Waals surface area contributed by atoms with Gasteiger partial charge in [-0.15, -0.1) is 0 Å². The van der Waals surface area contributed by atoms with E-state index in [1.165, 1.54) is 64.2 Å². The molecule has 0 aliphatic heterocycles. The molecular formula is C26H49N3O. The lowest BCUT2D eigenvalue weighted by Gasteiger charge is -2.56. The standard InChI is InChI=1S/C26H49N3O/c1-26-13-12-22-21-9-7-20(30-17-5-16-29(2)3)18-19(21)6-8-23(22)24(26)10-11-25(26)28-15-4-14-27/h19-25,28H,4-18,27H2,1-3H3/t19-,20-,21-,22+,23+,24-,25?,26-/m0/s1. The Morgan fingerprint density at radius 3 is 2.60 bits per heavy atom. The molecule has 0 aromatic carbocycles. The third-order valence-corrected chi connectivity index (χ3v) is 9.78. The number of hydrogen-bond acceptors (Lipinski definition) is 4. The number of nitrogens with one attached hydrogen (secondary N) is 1. The van der Waals surface area contributed by atoms with Crippen LogP contribution in [0, 0.1) is 35.0 Å². The summed E-state index contributed by atoms with van der Waals surface area (Å²) in [6.07, 6.45) is 15.7. The minimum Gasteiger partial charge on any atom is -0.378 e. The first-order valence-corrected chi connectivity index (χ1v) is 13.2. The Bertz CT molecular complexity index is 540. The monoisotopic (exact) mass is 419 g/mol. The molecule has 4 saturated carbocycles. The third-order valence-electron chi connectivity index (χ3n) is 9.78. The number of nitrogens with zero attached hydrogens (tertiary/aromatic N) is 1. The smallest absolute Gasteiger partial charge is 0.0578 e. The molecule has 174 valence electrons. The molecule has 4 rings (SSSR count). The highest BCUT2D eigenvalue weighted by atomic mass is 16.5. The van der Waals surface area contributed by atoms with Crippen LogP contribution in [0.15, 0.2) is 0 Å². The first-order valence-electron chi connectivity index (χ1n) is 13.2. The average Bonchev–Trinajstić information content (AvgIpc) is 3.07. The van der Waals surface area contributed by atoms with Gasteiger partial charge in [0.25, 0.3) is 0 Å². The van der Waals surface area contributed by atoms with E-state index in [1.807, 2.05) is 0 Å². The van der Waals surface area contributed by atoms with Crippen molar-refractivity contribution in [1.29, 1.82) is 0 Å². The first-order chi connectivity index (χ1) is 14.5. The molecule has 0 aromatic heterocycles. The minimum absolute atomic E-state index is 0.537. The highest BCUT2D eigenvalue weighted by Gasteiger charge is 2.56. The van der Waals surface area contributed by atoms with Gasteiger partial charge < -0.3 is 20.7 Å². The van der Waals surface area contributed by atoms with E-state index in [9.17, 15) is 0 Å². The van der Waals surface area contributed by atoms with Gasteiger partial charge in [-0.25, -0.2) is 0 Å². The van der Waals surface area contributed by atoms with Crippen LogP contribution in [0.3, 0.4) is 0 Å². The van der Waals surface area contributed by atoms with Gasteiger partial charge in [-0.2, -0.15) is 0 Å². The number of fused-ring (bicyclic) bond motifs is 5. The fraction of sp³-hybridized carbons (Fsp3) is 1.00. The molecule has 4 aliphatic carbocycles. The van der Waals surface area contributed by atoms with E-state index in [-0.39, 0.29) is 0 Å². The Hall–Kier alpha value is -0.160. The topological polar surface area (TPSA) is 50.5 Å². The van der Waals surface area contributed by atoms with Gasteiger partial charge in [-0.05, 0) is 139 Å². The third kappa shape index (κ3) is 4.77. The molecule has 3 N–H and O–H groups in total. The summed E-state index contributed by atoms with van der Waals surface area (Å²) >= 11 is 0. The van der Waals surface area contributed by atoms with E-state index >= 15 is 0 Å². The molecule has 4 fully saturated rings. The van der Waals surface area contributed by atoms with Crippen LogP contribution in [-0.2, 0) is 4.74 Å². The summed E-state index contributed by atoms with van der Waals surface area (Å²) in [5.41, 5.74) is 6.27. The summed E-state index contributed by atoms with van der Waals surface area (Å²) in [5, 5.41) is 3.91. The van der Waals surface area contributed by atoms with E-state index < -0.39 is 0 Å². The van der Waals surface area contributed by atoms with E-state index in [2.05, 4.69) is 31.2 Å². The molecule has 4 heteroatoms. The van der Waals surface area contributed by atoms with E-state index in [0.717, 1.165) is 68.3 Å². The minimum atomic E-state index is 0.537. The van der Waals surface area contributed by atoms with Crippen LogP contribution in [-0.4, -0.2) is 57.4 Å². The van der Waals surface area contributed by atoms with Crippen molar-refractivity contribution in [2.75, 3.05) is 40.3 Å². The Labute approximate surface area is 186 Å². The van der Waals surface area contributed by atoms with Crippen molar-refractivity contribution in [3.05, 3.63) is 0 Å². The normalized spacial score (nSPS) is 43.3. The summed E-state index contributed by atoms with van der Waals surface area (Å²) in [7, 11) is 4.31. The van der Waals surface area contributed by atoms with Gasteiger partial charge in [0, 0.05) is 12.6 Å². The molecule has 0 aromatic rings. The van der Waals surface area contributed by atoms with Crippen LogP contribution in [0.4, 0.5) is 0 Å². The molecule has 0 spiro atoms. The Balaban J connectivity index is 1.30. The van der Waals surface area contributed by atoms with Crippen LogP contribution in [0.2, 0.25) is 0 Å². The summed E-state index contributed by atoms with van der Waals surface area (Å²) in [4.78, 5) is 2.26. The number of nitrogens with two attached hydrogens (primary N) is 1. The van der Waals surface area contributed by atoms with Crippen LogP contribution in [0.1, 0.15) is 77.6 Å². The average molecular weight is 420 g/mol. The van der Waals surface area contributed by atoms with Crippen molar-refractivity contribution < 1.29 is 4.74 Å². The Morgan fingerprint density at radius 2 is 1.80 bits per heavy atom. The first kappa shape index (κ1) is 23.0. The molecule has 30 heavy (non-hydrogen) atoms. The predicted octanol–water partition coefficient (Wildman–Crippen LogP) is 4.28. The van der Waals surface area contributed by atoms with E-state index in [4.69, 9.17) is 10.5 Å². The lowest BCUT2D eigenvalue weighted by molar-refractivity contribution is -0.0847. The molecule has 0 radical (unpaired) electrons. The summed E-state index contributed by atoms with van der Waals surface area (Å²) in [5.74, 6) is 4.93. The molecule has 1 unspecified atom stereocenters. The molecule has 0 heterocycles. The maximum absolute atomic E-state index is 6.32. The van der Waals surface area contributed by atoms with Crippen LogP contribution >= 0.6 is 0 Å². The fourth-order valence-electron chi connectivity index (χ4n) is 8.31. The summed E-state index contributed by atoms with van der Waals surface area (Å²) in [6, 6.07) is 0.735. The van der Waals surface area contributed by atoms with Crippen molar-refractivity contribution in [3.8, 4) is 0 Å². The maximum atomic E-state index is 6.32. The molecule has 4 aliphatic rings. The number of hydrogen-bond donors (Lipinski definition) is 2. The van der Waals surface area contributed by atoms with Crippen molar-refractivity contribution >= 4 is 0 Å². The molecule has 8 atom stereocenters. The maximum Gasteiger partial charge on any atom is 0.0578 e. The van der Waals surface area contributed by atoms with Gasteiger partial charge >= 0.3 is 0 Å². The number of rotatable bonds is 9. The summed E-state index contributed by atoms with van der Waals surface area (Å²) in [6.45, 7) is 6.65. The SMILES string of the molecule is CN(C)CCCO[C@H]1CC[C@H]2[C@@H](CC[C@@H]3[C@@H]2CC[C@]2(C)C(NCCCN)CC[C@@H]32)C1. The second-order valence-corrected chi connectivity index (χ2v) is 11.7. The van der Waals surface area contributed by atoms with Gasteiger partial charge in [-0.1, -0.05) is 6.92 Å². The predicted molar refractivity (Wildman–Crippen MR) is 125 cm³/mol. The lowest BCUT2D eigenvalue weighted by atomic mass is 9.50. The van der Waals surface area contributed by atoms with Gasteiger partial charge in [0.2, 0.25) is 0 Å². The zero-order valence-corrected chi connectivity index (χ0v) is 20.1. The second-order valence-electron chi connectivity index (χ2n) is 11.7. The highest BCUT2D eigenvalue weighted by molar-refractivity contribution is 5.08. The lowest BCUT2D eigenvalue weighted by Crippen LogP contribution is -2.52. The van der Waals surface area contributed by atoms with Crippen LogP contribution in [0.25, 0.3) is 0 Å². The molecule has 4 nitrogen and oxygen atoms in total. The largest absolute Gasteiger partial charge is 0.378 e. The molecule has 0 amide bonds. The highest BCUT2D eigenvalue weighted by Crippen LogP contribution is 2.62. The molecule has 0 saturated heterocycles. The van der Waals surface area contributed by atoms with Crippen LogP contribution in [0.5, 0.6) is 0 Å². The second kappa shape index (κ2) is 10.2. The van der Waals surface area contributed by atoms with Gasteiger partial charge in [0.1, 0.15) is 0 Å². The van der Waals surface area contributed by atoms with Crippen molar-refractivity contribution in [1.82, 2.24) is 10.2 Å². The van der Waals surface area contributed by atoms with E-state index in [1.54, 1.807) is 0 Å². The fourth-order valence-corrected chi connectivity index (χ4v) is 8.31.